The molecule has 0 amide bonds. The number of fused-ring (bicyclic) bond motifs is 14. The molecule has 2 heteroatoms. The Balaban J connectivity index is 1.47. The fourth-order valence-corrected chi connectivity index (χ4v) is 6.62. The molecule has 7 aromatic rings. The Morgan fingerprint density at radius 2 is 1.00 bits per heavy atom. The van der Waals surface area contributed by atoms with Gasteiger partial charge >= 0.3 is 0 Å². The van der Waals surface area contributed by atoms with Crippen LogP contribution in [0.25, 0.3) is 65.3 Å². The molecule has 38 heavy (non-hydrogen) atoms. The second-order valence-corrected chi connectivity index (χ2v) is 10.4. The molecule has 0 saturated heterocycles. The van der Waals surface area contributed by atoms with Gasteiger partial charge in [-0.05, 0) is 78.2 Å². The van der Waals surface area contributed by atoms with Crippen molar-refractivity contribution in [3.8, 4) is 33.8 Å². The third-order valence-electron chi connectivity index (χ3n) is 8.39. The molecular formula is C36H22O2. The second kappa shape index (κ2) is 7.36. The second-order valence-electron chi connectivity index (χ2n) is 10.4. The Morgan fingerprint density at radius 3 is 1.79 bits per heavy atom. The minimum atomic E-state index is 0.602. The lowest BCUT2D eigenvalue weighted by Crippen LogP contribution is -2.06. The Kier molecular flexibility index (Phi) is 3.93. The fourth-order valence-electron chi connectivity index (χ4n) is 6.62. The van der Waals surface area contributed by atoms with E-state index >= 15 is 0 Å². The maximum absolute atomic E-state index is 6.32. The number of hydrogen-bond donors (Lipinski definition) is 0. The number of ether oxygens (including phenoxy) is 2. The minimum absolute atomic E-state index is 0.602. The Morgan fingerprint density at radius 1 is 0.421 bits per heavy atom. The highest BCUT2D eigenvalue weighted by Gasteiger charge is 2.23. The lowest BCUT2D eigenvalue weighted by atomic mass is 9.86. The molecule has 0 N–H and O–H groups in total. The smallest absolute Gasteiger partial charge is 0.128 e. The third-order valence-corrected chi connectivity index (χ3v) is 8.39. The van der Waals surface area contributed by atoms with E-state index in [-0.39, 0.29) is 0 Å². The summed E-state index contributed by atoms with van der Waals surface area (Å²) in [6, 6.07) is 39.6. The van der Waals surface area contributed by atoms with Gasteiger partial charge in [-0.2, -0.15) is 0 Å². The standard InChI is InChI=1S/C36H22O2/c1-3-7-27-25(5-1)19-38-32-18-29-24(17-30(27)32)14-13-21-9-10-22-11-12-23-15-16-31-36(35(23)34(22)33(21)29)28-8-4-2-6-26(28)20-37-31/h1-18H,19-20H2. The molecule has 0 unspecified atom stereocenters. The molecule has 0 aromatic heterocycles. The van der Waals surface area contributed by atoms with E-state index in [9.17, 15) is 0 Å². The van der Waals surface area contributed by atoms with Crippen molar-refractivity contribution in [2.24, 2.45) is 0 Å². The maximum Gasteiger partial charge on any atom is 0.128 e. The molecule has 7 aromatic carbocycles. The lowest BCUT2D eigenvalue weighted by molar-refractivity contribution is 0.302. The van der Waals surface area contributed by atoms with Crippen LogP contribution in [0, 0.1) is 0 Å². The molecular weight excluding hydrogens is 464 g/mol. The topological polar surface area (TPSA) is 18.5 Å². The number of hydrogen-bond acceptors (Lipinski definition) is 2. The molecule has 178 valence electrons. The quantitative estimate of drug-likeness (QED) is 0.199. The van der Waals surface area contributed by atoms with Crippen molar-refractivity contribution in [2.45, 2.75) is 13.2 Å². The van der Waals surface area contributed by atoms with Crippen LogP contribution >= 0.6 is 0 Å². The van der Waals surface area contributed by atoms with E-state index in [1.807, 2.05) is 0 Å². The van der Waals surface area contributed by atoms with Crippen molar-refractivity contribution in [2.75, 3.05) is 0 Å². The van der Waals surface area contributed by atoms with Gasteiger partial charge in [0.25, 0.3) is 0 Å². The van der Waals surface area contributed by atoms with Crippen molar-refractivity contribution >= 4 is 43.1 Å². The van der Waals surface area contributed by atoms with E-state index < -0.39 is 0 Å². The first-order chi connectivity index (χ1) is 18.8. The van der Waals surface area contributed by atoms with Crippen molar-refractivity contribution in [3.05, 3.63) is 120 Å². The zero-order chi connectivity index (χ0) is 24.8. The fraction of sp³-hybridized carbons (Fsp3) is 0.0556. The summed E-state index contributed by atoms with van der Waals surface area (Å²) in [5.74, 6) is 1.91. The zero-order valence-electron chi connectivity index (χ0n) is 20.6. The van der Waals surface area contributed by atoms with Crippen LogP contribution in [0.5, 0.6) is 11.5 Å². The van der Waals surface area contributed by atoms with Gasteiger partial charge in [-0.1, -0.05) is 91.0 Å². The molecule has 9 rings (SSSR count). The highest BCUT2D eigenvalue weighted by atomic mass is 16.5. The normalized spacial score (nSPS) is 13.5. The molecule has 0 spiro atoms. The average Bonchev–Trinajstić information content (AvgIpc) is 2.99. The van der Waals surface area contributed by atoms with Crippen LogP contribution in [0.4, 0.5) is 0 Å². The molecule has 2 aliphatic rings. The van der Waals surface area contributed by atoms with Gasteiger partial charge in [-0.3, -0.25) is 0 Å². The van der Waals surface area contributed by atoms with E-state index in [1.54, 1.807) is 0 Å². The van der Waals surface area contributed by atoms with Gasteiger partial charge < -0.3 is 9.47 Å². The molecule has 0 saturated carbocycles. The summed E-state index contributed by atoms with van der Waals surface area (Å²) in [6.07, 6.45) is 0. The summed E-state index contributed by atoms with van der Waals surface area (Å²) in [5.41, 5.74) is 7.37. The summed E-state index contributed by atoms with van der Waals surface area (Å²) in [5, 5.41) is 9.95. The Bertz CT molecular complexity index is 2130. The van der Waals surface area contributed by atoms with Crippen LogP contribution in [0.3, 0.4) is 0 Å². The van der Waals surface area contributed by atoms with Gasteiger partial charge in [0.2, 0.25) is 0 Å². The van der Waals surface area contributed by atoms with Gasteiger partial charge in [-0.25, -0.2) is 0 Å². The van der Waals surface area contributed by atoms with Crippen molar-refractivity contribution in [1.82, 2.24) is 0 Å². The first kappa shape index (κ1) is 20.3. The Labute approximate surface area is 219 Å². The average molecular weight is 487 g/mol. The SMILES string of the molecule is c1ccc2c(c1)COc1cc3c(ccc4ccc5ccc6ccc7c(c6c5c43)-c3ccccc3CO7)cc1-2. The number of rotatable bonds is 0. The van der Waals surface area contributed by atoms with Gasteiger partial charge in [0.05, 0.1) is 0 Å². The van der Waals surface area contributed by atoms with Crippen LogP contribution in [-0.4, -0.2) is 0 Å². The van der Waals surface area contributed by atoms with Crippen LogP contribution in [0.2, 0.25) is 0 Å². The molecule has 2 nitrogen and oxygen atoms in total. The van der Waals surface area contributed by atoms with Gasteiger partial charge in [-0.15, -0.1) is 0 Å². The van der Waals surface area contributed by atoms with E-state index in [1.165, 1.54) is 76.5 Å². The van der Waals surface area contributed by atoms with Gasteiger partial charge in [0.1, 0.15) is 24.7 Å². The maximum atomic E-state index is 6.32. The highest BCUT2D eigenvalue weighted by molar-refractivity contribution is 6.30. The molecule has 0 bridgehead atoms. The van der Waals surface area contributed by atoms with E-state index in [0.29, 0.717) is 13.2 Å². The third kappa shape index (κ3) is 2.67. The highest BCUT2D eigenvalue weighted by Crippen LogP contribution is 2.48. The predicted molar refractivity (Wildman–Crippen MR) is 156 cm³/mol. The first-order valence-corrected chi connectivity index (χ1v) is 13.1. The summed E-state index contributed by atoms with van der Waals surface area (Å²) in [4.78, 5) is 0. The predicted octanol–water partition coefficient (Wildman–Crippen LogP) is 9.42. The monoisotopic (exact) mass is 486 g/mol. The van der Waals surface area contributed by atoms with Crippen molar-refractivity contribution in [1.29, 1.82) is 0 Å². The van der Waals surface area contributed by atoms with Crippen LogP contribution in [-0.2, 0) is 13.2 Å². The minimum Gasteiger partial charge on any atom is -0.488 e. The largest absolute Gasteiger partial charge is 0.488 e. The van der Waals surface area contributed by atoms with E-state index in [2.05, 4.69) is 109 Å². The molecule has 0 aliphatic carbocycles. The van der Waals surface area contributed by atoms with Crippen LogP contribution in [0.1, 0.15) is 11.1 Å². The van der Waals surface area contributed by atoms with Crippen LogP contribution in [0.15, 0.2) is 109 Å². The van der Waals surface area contributed by atoms with Gasteiger partial charge in [0, 0.05) is 16.5 Å². The molecule has 0 atom stereocenters. The molecule has 2 aliphatic heterocycles. The van der Waals surface area contributed by atoms with Crippen LogP contribution < -0.4 is 9.47 Å². The summed E-state index contributed by atoms with van der Waals surface area (Å²) >= 11 is 0. The number of benzene rings is 7. The zero-order valence-corrected chi connectivity index (χ0v) is 20.6. The van der Waals surface area contributed by atoms with E-state index in [4.69, 9.17) is 9.47 Å². The van der Waals surface area contributed by atoms with E-state index in [0.717, 1.165) is 11.5 Å². The van der Waals surface area contributed by atoms with Crippen molar-refractivity contribution < 1.29 is 9.47 Å². The van der Waals surface area contributed by atoms with Gasteiger partial charge in [0.15, 0.2) is 0 Å². The summed E-state index contributed by atoms with van der Waals surface area (Å²) < 4.78 is 12.6. The Hall–Kier alpha value is -4.82. The molecule has 2 heterocycles. The summed E-state index contributed by atoms with van der Waals surface area (Å²) in [6.45, 7) is 1.21. The molecule has 0 radical (unpaired) electrons. The molecule has 0 fully saturated rings. The lowest BCUT2D eigenvalue weighted by Gasteiger charge is -2.24. The summed E-state index contributed by atoms with van der Waals surface area (Å²) in [7, 11) is 0. The first-order valence-electron chi connectivity index (χ1n) is 13.1. The van der Waals surface area contributed by atoms with Crippen molar-refractivity contribution in [3.63, 3.8) is 0 Å².